The Labute approximate surface area is 261 Å². The molecular weight excluding hydrogens is 578 g/mol. The van der Waals surface area contributed by atoms with Crippen LogP contribution >= 0.6 is 0 Å². The van der Waals surface area contributed by atoms with Gasteiger partial charge in [0, 0.05) is 11.1 Å². The van der Waals surface area contributed by atoms with Crippen LogP contribution in [0.4, 0.5) is 0 Å². The monoisotopic (exact) mass is 605 g/mol. The molecule has 5 nitrogen and oxygen atoms in total. The van der Waals surface area contributed by atoms with Crippen LogP contribution in [-0.4, -0.2) is 18.6 Å². The highest BCUT2D eigenvalue weighted by Crippen LogP contribution is 2.68. The summed E-state index contributed by atoms with van der Waals surface area (Å²) in [4.78, 5) is 14.5. The average Bonchev–Trinajstić information content (AvgIpc) is 3.72. The van der Waals surface area contributed by atoms with Crippen LogP contribution in [0.25, 0.3) is 10.8 Å². The molecule has 0 saturated carbocycles. The van der Waals surface area contributed by atoms with Crippen LogP contribution in [0.1, 0.15) is 54.9 Å². The highest BCUT2D eigenvalue weighted by atomic mass is 32.2. The molecule has 9 rings (SSSR count). The Hall–Kier alpha value is -5.04. The molecule has 2 atom stereocenters. The molecule has 0 spiro atoms. The second kappa shape index (κ2) is 9.00. The van der Waals surface area contributed by atoms with Crippen LogP contribution in [0, 0.1) is 6.92 Å². The molecule has 0 aromatic heterocycles. The summed E-state index contributed by atoms with van der Waals surface area (Å²) in [7, 11) is -4.14. The Morgan fingerprint density at radius 2 is 1.13 bits per heavy atom. The quantitative estimate of drug-likeness (QED) is 0.210. The SMILES string of the molecule is Cc1ccc(S(=O)(=O)N2Cc3c4c(c5ccccc5c3C2=O)[C@]2(c3ccccc3)O[C@@]4(c3ccccc3)c3ccccc32)cc1. The van der Waals surface area contributed by atoms with E-state index in [4.69, 9.17) is 4.74 Å². The number of hydrogen-bond donors (Lipinski definition) is 0. The normalized spacial score (nSPS) is 21.2. The number of nitrogens with zero attached hydrogens (tertiary/aromatic N) is 1. The van der Waals surface area contributed by atoms with Gasteiger partial charge in [0.2, 0.25) is 0 Å². The predicted molar refractivity (Wildman–Crippen MR) is 172 cm³/mol. The molecule has 0 unspecified atom stereocenters. The zero-order chi connectivity index (χ0) is 30.6. The van der Waals surface area contributed by atoms with Crippen molar-refractivity contribution in [2.24, 2.45) is 0 Å². The van der Waals surface area contributed by atoms with E-state index in [2.05, 4.69) is 36.4 Å². The molecule has 0 aliphatic carbocycles. The van der Waals surface area contributed by atoms with Gasteiger partial charge in [-0.25, -0.2) is 12.7 Å². The molecule has 0 radical (unpaired) electrons. The first-order chi connectivity index (χ1) is 21.9. The van der Waals surface area contributed by atoms with Crippen molar-refractivity contribution in [3.05, 3.63) is 184 Å². The summed E-state index contributed by atoms with van der Waals surface area (Å²) >= 11 is 0. The molecule has 2 bridgehead atoms. The number of rotatable bonds is 4. The van der Waals surface area contributed by atoms with Gasteiger partial charge in [0.25, 0.3) is 15.9 Å². The largest absolute Gasteiger partial charge is 0.340 e. The number of carbonyl (C=O) groups is 1. The number of sulfonamides is 1. The minimum Gasteiger partial charge on any atom is -0.340 e. The molecule has 0 N–H and O–H groups in total. The van der Waals surface area contributed by atoms with E-state index in [0.717, 1.165) is 54.0 Å². The van der Waals surface area contributed by atoms with Gasteiger partial charge in [-0.2, -0.15) is 0 Å². The van der Waals surface area contributed by atoms with Crippen LogP contribution in [0.5, 0.6) is 0 Å². The van der Waals surface area contributed by atoms with E-state index in [1.807, 2.05) is 79.7 Å². The number of aryl methyl sites for hydroxylation is 1. The zero-order valence-electron chi connectivity index (χ0n) is 24.4. The Balaban J connectivity index is 1.42. The van der Waals surface area contributed by atoms with Crippen LogP contribution in [-0.2, 0) is 32.5 Å². The number of hydrogen-bond acceptors (Lipinski definition) is 4. The molecule has 6 aromatic carbocycles. The van der Waals surface area contributed by atoms with E-state index in [1.165, 1.54) is 0 Å². The maximum Gasteiger partial charge on any atom is 0.268 e. The highest BCUT2D eigenvalue weighted by Gasteiger charge is 2.66. The lowest BCUT2D eigenvalue weighted by Crippen LogP contribution is -2.32. The van der Waals surface area contributed by atoms with Crippen LogP contribution in [0.2, 0.25) is 0 Å². The Morgan fingerprint density at radius 3 is 1.73 bits per heavy atom. The number of ether oxygens (including phenoxy) is 1. The molecule has 6 heteroatoms. The van der Waals surface area contributed by atoms with Crippen molar-refractivity contribution >= 4 is 26.7 Å². The second-order valence-electron chi connectivity index (χ2n) is 12.0. The summed E-state index contributed by atoms with van der Waals surface area (Å²) in [5.74, 6) is -0.516. The summed E-state index contributed by atoms with van der Waals surface area (Å²) < 4.78 is 36.9. The van der Waals surface area contributed by atoms with Crippen LogP contribution < -0.4 is 0 Å². The van der Waals surface area contributed by atoms with Crippen molar-refractivity contribution in [1.29, 1.82) is 0 Å². The minimum absolute atomic E-state index is 0.0808. The fraction of sp³-hybridized carbons (Fsp3) is 0.103. The maximum atomic E-state index is 14.4. The smallest absolute Gasteiger partial charge is 0.268 e. The molecule has 0 fully saturated rings. The summed E-state index contributed by atoms with van der Waals surface area (Å²) in [6.45, 7) is 1.82. The third kappa shape index (κ3) is 3.20. The van der Waals surface area contributed by atoms with Gasteiger partial charge in [0.05, 0.1) is 17.0 Å². The molecule has 6 aromatic rings. The third-order valence-electron chi connectivity index (χ3n) is 9.73. The van der Waals surface area contributed by atoms with Gasteiger partial charge >= 0.3 is 0 Å². The Kier molecular flexibility index (Phi) is 5.28. The lowest BCUT2D eigenvalue weighted by molar-refractivity contribution is -0.0256. The van der Waals surface area contributed by atoms with Gasteiger partial charge in [0.15, 0.2) is 0 Å². The topological polar surface area (TPSA) is 63.7 Å². The molecule has 45 heavy (non-hydrogen) atoms. The number of amides is 1. The van der Waals surface area contributed by atoms with Crippen molar-refractivity contribution in [1.82, 2.24) is 4.31 Å². The summed E-state index contributed by atoms with van der Waals surface area (Å²) in [6, 6.07) is 43.1. The third-order valence-corrected chi connectivity index (χ3v) is 11.5. The summed E-state index contributed by atoms with van der Waals surface area (Å²) in [6.07, 6.45) is 0. The average molecular weight is 606 g/mol. The van der Waals surface area contributed by atoms with Crippen LogP contribution in [0.3, 0.4) is 0 Å². The fourth-order valence-electron chi connectivity index (χ4n) is 7.89. The highest BCUT2D eigenvalue weighted by molar-refractivity contribution is 7.89. The van der Waals surface area contributed by atoms with Crippen molar-refractivity contribution in [2.75, 3.05) is 0 Å². The molecule has 0 saturated heterocycles. The van der Waals surface area contributed by atoms with Crippen molar-refractivity contribution in [3.63, 3.8) is 0 Å². The molecular formula is C39H27NO4S. The van der Waals surface area contributed by atoms with E-state index in [0.29, 0.717) is 11.1 Å². The van der Waals surface area contributed by atoms with E-state index >= 15 is 0 Å². The van der Waals surface area contributed by atoms with Crippen LogP contribution in [0.15, 0.2) is 138 Å². The fourth-order valence-corrected chi connectivity index (χ4v) is 9.24. The molecule has 3 aliphatic heterocycles. The second-order valence-corrected chi connectivity index (χ2v) is 13.9. The van der Waals surface area contributed by atoms with Gasteiger partial charge in [-0.3, -0.25) is 4.79 Å². The number of carbonyl (C=O) groups excluding carboxylic acids is 1. The Bertz CT molecular complexity index is 2320. The van der Waals surface area contributed by atoms with E-state index < -0.39 is 27.1 Å². The maximum absolute atomic E-state index is 14.4. The first-order valence-corrected chi connectivity index (χ1v) is 16.5. The molecule has 3 aliphatic rings. The van der Waals surface area contributed by atoms with E-state index in [1.54, 1.807) is 24.3 Å². The van der Waals surface area contributed by atoms with Gasteiger partial charge in [-0.05, 0) is 57.6 Å². The summed E-state index contributed by atoms with van der Waals surface area (Å²) in [5, 5.41) is 1.61. The Morgan fingerprint density at radius 1 is 0.622 bits per heavy atom. The minimum atomic E-state index is -4.14. The van der Waals surface area contributed by atoms with Gasteiger partial charge in [-0.15, -0.1) is 0 Å². The van der Waals surface area contributed by atoms with Crippen molar-refractivity contribution < 1.29 is 17.9 Å². The predicted octanol–water partition coefficient (Wildman–Crippen LogP) is 7.42. The van der Waals surface area contributed by atoms with Gasteiger partial charge in [-0.1, -0.05) is 127 Å². The summed E-state index contributed by atoms with van der Waals surface area (Å²) in [5.41, 5.74) is 5.79. The van der Waals surface area contributed by atoms with Crippen molar-refractivity contribution in [2.45, 2.75) is 29.6 Å². The molecule has 1 amide bonds. The standard InChI is InChI=1S/C39H27NO4S/c1-25-20-22-28(23-21-25)45(42,43)40-24-31-34(37(40)41)29-16-8-9-17-30(29)35-36(31)39(27-14-6-3-7-15-27)33-19-11-10-18-32(33)38(35,44-39)26-12-4-2-5-13-26/h2-23H,24H2,1H3/t38-,39+/m1/s1. The lowest BCUT2D eigenvalue weighted by Gasteiger charge is -2.33. The van der Waals surface area contributed by atoms with E-state index in [-0.39, 0.29) is 11.4 Å². The van der Waals surface area contributed by atoms with Crippen molar-refractivity contribution in [3.8, 4) is 0 Å². The van der Waals surface area contributed by atoms with E-state index in [9.17, 15) is 13.2 Å². The molecule has 218 valence electrons. The number of benzene rings is 6. The molecule has 3 heterocycles. The van der Waals surface area contributed by atoms with Gasteiger partial charge < -0.3 is 4.74 Å². The van der Waals surface area contributed by atoms with Gasteiger partial charge in [0.1, 0.15) is 11.2 Å². The first kappa shape index (κ1) is 26.4. The number of fused-ring (bicyclic) bond motifs is 13. The first-order valence-electron chi connectivity index (χ1n) is 15.0. The lowest BCUT2D eigenvalue weighted by atomic mass is 9.65. The zero-order valence-corrected chi connectivity index (χ0v) is 25.2.